The molecule has 0 fully saturated rings. The molecule has 0 spiro atoms. The molecule has 126 valence electrons. The zero-order chi connectivity index (χ0) is 17.5. The van der Waals surface area contributed by atoms with E-state index in [1.165, 1.54) is 32.4 Å². The number of anilines is 1. The molecule has 2 rings (SSSR count). The molecule has 0 radical (unpaired) electrons. The van der Waals surface area contributed by atoms with Crippen LogP contribution in [-0.4, -0.2) is 31.7 Å². The average Bonchev–Trinajstić information content (AvgIpc) is 2.60. The maximum absolute atomic E-state index is 12.0. The third-order valence-electron chi connectivity index (χ3n) is 3.08. The number of benzene rings is 2. The van der Waals surface area contributed by atoms with Crippen LogP contribution in [0.3, 0.4) is 0 Å². The summed E-state index contributed by atoms with van der Waals surface area (Å²) in [6.45, 7) is -0.265. The highest BCUT2D eigenvalue weighted by Gasteiger charge is 2.14. The number of nitrogens with zero attached hydrogens (tertiary/aromatic N) is 1. The van der Waals surface area contributed by atoms with E-state index in [0.717, 1.165) is 0 Å². The highest BCUT2D eigenvalue weighted by atomic mass is 16.6. The maximum Gasteiger partial charge on any atom is 0.271 e. The number of hydrogen-bond acceptors (Lipinski definition) is 6. The molecule has 0 saturated heterocycles. The lowest BCUT2D eigenvalue weighted by atomic mass is 10.2. The predicted molar refractivity (Wildman–Crippen MR) is 86.8 cm³/mol. The predicted octanol–water partition coefficient (Wildman–Crippen LogP) is 2.63. The van der Waals surface area contributed by atoms with Gasteiger partial charge in [-0.25, -0.2) is 0 Å². The number of nitro benzene ring substituents is 1. The van der Waals surface area contributed by atoms with Gasteiger partial charge in [-0.3, -0.25) is 14.9 Å². The van der Waals surface area contributed by atoms with Gasteiger partial charge in [0.25, 0.3) is 11.6 Å². The van der Waals surface area contributed by atoms with E-state index in [1.807, 2.05) is 0 Å². The van der Waals surface area contributed by atoms with E-state index in [-0.39, 0.29) is 18.0 Å². The summed E-state index contributed by atoms with van der Waals surface area (Å²) in [5.41, 5.74) is 0.0470. The Labute approximate surface area is 138 Å². The van der Waals surface area contributed by atoms with Crippen LogP contribution in [0.5, 0.6) is 17.2 Å². The van der Waals surface area contributed by atoms with Crippen molar-refractivity contribution < 1.29 is 23.9 Å². The van der Waals surface area contributed by atoms with Crippen LogP contribution < -0.4 is 19.5 Å². The van der Waals surface area contributed by atoms with E-state index < -0.39 is 10.8 Å². The lowest BCUT2D eigenvalue weighted by Gasteiger charge is -2.11. The third kappa shape index (κ3) is 4.35. The summed E-state index contributed by atoms with van der Waals surface area (Å²) in [6, 6.07) is 10.7. The number of carbonyl (C=O) groups excluding carboxylic acids is 1. The molecule has 8 heteroatoms. The number of nitro groups is 1. The quantitative estimate of drug-likeness (QED) is 0.618. The summed E-state index contributed by atoms with van der Waals surface area (Å²) in [5, 5.41) is 13.4. The standard InChI is InChI=1S/C16H16N2O6/c1-22-12-4-3-5-13(9-12)24-10-16(19)17-14-8-11(18(20)21)6-7-15(14)23-2/h3-9H,10H2,1-2H3,(H,17,19). The molecule has 2 aromatic carbocycles. The highest BCUT2D eigenvalue weighted by Crippen LogP contribution is 2.28. The molecule has 1 N–H and O–H groups in total. The second-order valence-electron chi connectivity index (χ2n) is 4.66. The van der Waals surface area contributed by atoms with Crippen LogP contribution in [0.4, 0.5) is 11.4 Å². The lowest BCUT2D eigenvalue weighted by Crippen LogP contribution is -2.20. The lowest BCUT2D eigenvalue weighted by molar-refractivity contribution is -0.384. The molecule has 0 saturated carbocycles. The fourth-order valence-corrected chi connectivity index (χ4v) is 1.93. The number of methoxy groups -OCH3 is 2. The summed E-state index contributed by atoms with van der Waals surface area (Å²) in [6.07, 6.45) is 0. The van der Waals surface area contributed by atoms with Gasteiger partial charge < -0.3 is 19.5 Å². The highest BCUT2D eigenvalue weighted by molar-refractivity contribution is 5.93. The minimum atomic E-state index is -0.554. The molecule has 0 unspecified atom stereocenters. The topological polar surface area (TPSA) is 99.9 Å². The summed E-state index contributed by atoms with van der Waals surface area (Å²) >= 11 is 0. The maximum atomic E-state index is 12.0. The van der Waals surface area contributed by atoms with E-state index >= 15 is 0 Å². The smallest absolute Gasteiger partial charge is 0.271 e. The summed E-state index contributed by atoms with van der Waals surface area (Å²) in [5.74, 6) is 0.913. The molecular weight excluding hydrogens is 316 g/mol. The molecule has 0 aliphatic carbocycles. The van der Waals surface area contributed by atoms with Crippen molar-refractivity contribution in [2.45, 2.75) is 0 Å². The molecule has 8 nitrogen and oxygen atoms in total. The Bertz CT molecular complexity index is 747. The van der Waals surface area contributed by atoms with Gasteiger partial charge in [-0.1, -0.05) is 6.07 Å². The van der Waals surface area contributed by atoms with E-state index in [9.17, 15) is 14.9 Å². The van der Waals surface area contributed by atoms with Gasteiger partial charge in [0.15, 0.2) is 6.61 Å². The molecular formula is C16H16N2O6. The Morgan fingerprint density at radius 3 is 2.54 bits per heavy atom. The fraction of sp³-hybridized carbons (Fsp3) is 0.188. The van der Waals surface area contributed by atoms with E-state index in [4.69, 9.17) is 14.2 Å². The number of ether oxygens (including phenoxy) is 3. The number of non-ortho nitro benzene ring substituents is 1. The zero-order valence-corrected chi connectivity index (χ0v) is 13.1. The van der Waals surface area contributed by atoms with E-state index in [2.05, 4.69) is 5.32 Å². The van der Waals surface area contributed by atoms with Crippen molar-refractivity contribution in [3.05, 3.63) is 52.6 Å². The molecule has 0 aliphatic heterocycles. The van der Waals surface area contributed by atoms with Crippen molar-refractivity contribution in [1.29, 1.82) is 0 Å². The van der Waals surface area contributed by atoms with Crippen molar-refractivity contribution in [3.8, 4) is 17.2 Å². The number of hydrogen-bond donors (Lipinski definition) is 1. The van der Waals surface area contributed by atoms with Gasteiger partial charge >= 0.3 is 0 Å². The first-order valence-electron chi connectivity index (χ1n) is 6.92. The molecule has 0 aromatic heterocycles. The fourth-order valence-electron chi connectivity index (χ4n) is 1.93. The Morgan fingerprint density at radius 2 is 1.88 bits per heavy atom. The van der Waals surface area contributed by atoms with Gasteiger partial charge in [0, 0.05) is 18.2 Å². The summed E-state index contributed by atoms with van der Waals surface area (Å²) < 4.78 is 15.5. The van der Waals surface area contributed by atoms with E-state index in [0.29, 0.717) is 17.2 Å². The van der Waals surface area contributed by atoms with Crippen LogP contribution in [0, 0.1) is 10.1 Å². The molecule has 1 amide bonds. The minimum Gasteiger partial charge on any atom is -0.497 e. The van der Waals surface area contributed by atoms with Crippen molar-refractivity contribution in [2.24, 2.45) is 0 Å². The van der Waals surface area contributed by atoms with Crippen LogP contribution in [-0.2, 0) is 4.79 Å². The second kappa shape index (κ2) is 7.82. The molecule has 2 aromatic rings. The summed E-state index contributed by atoms with van der Waals surface area (Å²) in [7, 11) is 2.93. The van der Waals surface area contributed by atoms with Crippen LogP contribution in [0.1, 0.15) is 0 Å². The third-order valence-corrected chi connectivity index (χ3v) is 3.08. The van der Waals surface area contributed by atoms with Crippen LogP contribution in [0.25, 0.3) is 0 Å². The molecule has 0 atom stereocenters. The van der Waals surface area contributed by atoms with Gasteiger partial charge in [0.05, 0.1) is 24.8 Å². The number of nitrogens with one attached hydrogen (secondary N) is 1. The Morgan fingerprint density at radius 1 is 1.12 bits per heavy atom. The molecule has 0 aliphatic rings. The molecule has 24 heavy (non-hydrogen) atoms. The number of rotatable bonds is 7. The summed E-state index contributed by atoms with van der Waals surface area (Å²) in [4.78, 5) is 22.3. The molecule has 0 heterocycles. The average molecular weight is 332 g/mol. The van der Waals surface area contributed by atoms with Crippen LogP contribution in [0.2, 0.25) is 0 Å². The van der Waals surface area contributed by atoms with Crippen molar-refractivity contribution in [1.82, 2.24) is 0 Å². The van der Waals surface area contributed by atoms with Crippen molar-refractivity contribution >= 4 is 17.3 Å². The first-order valence-corrected chi connectivity index (χ1v) is 6.92. The second-order valence-corrected chi connectivity index (χ2v) is 4.66. The normalized spacial score (nSPS) is 9.92. The Kier molecular flexibility index (Phi) is 5.56. The Hall–Kier alpha value is -3.29. The van der Waals surface area contributed by atoms with Crippen molar-refractivity contribution in [2.75, 3.05) is 26.1 Å². The SMILES string of the molecule is COc1cccc(OCC(=O)Nc2cc([N+](=O)[O-])ccc2OC)c1. The largest absolute Gasteiger partial charge is 0.497 e. The van der Waals surface area contributed by atoms with Gasteiger partial charge in [0.1, 0.15) is 17.2 Å². The molecule has 0 bridgehead atoms. The van der Waals surface area contributed by atoms with E-state index in [1.54, 1.807) is 24.3 Å². The monoisotopic (exact) mass is 332 g/mol. The zero-order valence-electron chi connectivity index (χ0n) is 13.1. The van der Waals surface area contributed by atoms with Gasteiger partial charge in [-0.05, 0) is 18.2 Å². The minimum absolute atomic E-state index is 0.153. The van der Waals surface area contributed by atoms with Gasteiger partial charge in [-0.2, -0.15) is 0 Å². The number of amides is 1. The van der Waals surface area contributed by atoms with Crippen molar-refractivity contribution in [3.63, 3.8) is 0 Å². The van der Waals surface area contributed by atoms with Gasteiger partial charge in [0.2, 0.25) is 0 Å². The first kappa shape index (κ1) is 17.1. The van der Waals surface area contributed by atoms with Crippen LogP contribution in [0.15, 0.2) is 42.5 Å². The number of carbonyl (C=O) groups is 1. The Balaban J connectivity index is 2.03. The first-order chi connectivity index (χ1) is 11.5. The van der Waals surface area contributed by atoms with Gasteiger partial charge in [-0.15, -0.1) is 0 Å². The van der Waals surface area contributed by atoms with Crippen LogP contribution >= 0.6 is 0 Å².